The molecule has 0 bridgehead atoms. The SMILES string of the molecule is CN=PC.COC(=O)[C-]1CC1.COC(=O)[C-]1CC1.[CH-]1CC1.[CH-]1CC1.[K+].[K+].[NH2-].[NH2-]. The van der Waals surface area contributed by atoms with Crippen LogP contribution in [-0.2, 0) is 19.1 Å². The zero-order valence-electron chi connectivity index (χ0n) is 18.5. The fourth-order valence-electron chi connectivity index (χ4n) is 0.822. The van der Waals surface area contributed by atoms with Gasteiger partial charge in [0, 0.05) is 7.05 Å². The Morgan fingerprint density at radius 3 is 1.07 bits per heavy atom. The number of methoxy groups -OCH3 is 2. The van der Waals surface area contributed by atoms with Crippen molar-refractivity contribution >= 4 is 20.3 Å². The van der Waals surface area contributed by atoms with E-state index in [9.17, 15) is 9.59 Å². The molecule has 156 valence electrons. The van der Waals surface area contributed by atoms with Crippen LogP contribution in [0.25, 0.3) is 12.3 Å². The van der Waals surface area contributed by atoms with Crippen LogP contribution in [-0.4, -0.2) is 39.9 Å². The van der Waals surface area contributed by atoms with E-state index in [1.165, 1.54) is 39.9 Å². The summed E-state index contributed by atoms with van der Waals surface area (Å²) in [4.78, 5) is 20.6. The van der Waals surface area contributed by atoms with Gasteiger partial charge in [-0.3, -0.25) is 26.2 Å². The molecule has 0 radical (unpaired) electrons. The summed E-state index contributed by atoms with van der Waals surface area (Å²) in [5.41, 5.74) is 0. The van der Waals surface area contributed by atoms with Crippen LogP contribution >= 0.6 is 8.37 Å². The minimum absolute atomic E-state index is 0. The molecule has 0 unspecified atom stereocenters. The number of nitrogens with zero attached hydrogens (tertiary/aromatic N) is 1. The Balaban J connectivity index is -0.0000000791. The number of hydrogen-bond donors (Lipinski definition) is 0. The second kappa shape index (κ2) is 29.0. The van der Waals surface area contributed by atoms with Crippen molar-refractivity contribution in [2.24, 2.45) is 4.74 Å². The minimum atomic E-state index is -0.125. The second-order valence-corrected chi connectivity index (χ2v) is 6.12. The first-order valence-corrected chi connectivity index (χ1v) is 9.57. The van der Waals surface area contributed by atoms with E-state index < -0.39 is 0 Å². The molecule has 0 atom stereocenters. The van der Waals surface area contributed by atoms with Gasteiger partial charge in [-0.1, -0.05) is 0 Å². The van der Waals surface area contributed by atoms with Crippen LogP contribution in [0.4, 0.5) is 0 Å². The van der Waals surface area contributed by atoms with Crippen LogP contribution in [0.5, 0.6) is 0 Å². The van der Waals surface area contributed by atoms with Crippen molar-refractivity contribution < 1.29 is 122 Å². The Morgan fingerprint density at radius 2 is 1.04 bits per heavy atom. The van der Waals surface area contributed by atoms with Gasteiger partial charge in [0.2, 0.25) is 0 Å². The first kappa shape index (κ1) is 40.3. The topological polar surface area (TPSA) is 132 Å². The van der Waals surface area contributed by atoms with Crippen LogP contribution in [0, 0.1) is 24.7 Å². The molecule has 0 aliphatic heterocycles. The number of ether oxygens (including phenoxy) is 2. The molecule has 0 amide bonds. The van der Waals surface area contributed by atoms with Crippen LogP contribution < -0.4 is 103 Å². The Kier molecular flexibility index (Phi) is 41.7. The summed E-state index contributed by atoms with van der Waals surface area (Å²) < 4.78 is 12.5. The maximum absolute atomic E-state index is 10.3. The van der Waals surface area contributed by atoms with E-state index in [2.05, 4.69) is 27.1 Å². The average molecular weight is 466 g/mol. The van der Waals surface area contributed by atoms with Crippen LogP contribution in [0.3, 0.4) is 0 Å². The van der Waals surface area contributed by atoms with Gasteiger partial charge in [-0.25, -0.2) is 25.7 Å². The maximum atomic E-state index is 10.3. The monoisotopic (exact) mass is 465 g/mol. The van der Waals surface area contributed by atoms with Crippen molar-refractivity contribution in [3.8, 4) is 0 Å². The van der Waals surface area contributed by atoms with E-state index in [1.807, 2.05) is 6.66 Å². The van der Waals surface area contributed by atoms with E-state index in [-0.39, 0.29) is 127 Å². The number of carbonyl (C=O) groups excluding carboxylic acids is 2. The van der Waals surface area contributed by atoms with Crippen molar-refractivity contribution in [3.05, 3.63) is 37.0 Å². The average Bonchev–Trinajstić information content (AvgIpc) is 3.50. The first-order chi connectivity index (χ1) is 11.6. The molecule has 0 aromatic rings. The fraction of sp³-hybridized carbons (Fsp3) is 0.667. The molecule has 4 rings (SSSR count). The third-order valence-electron chi connectivity index (χ3n) is 2.73. The third-order valence-corrected chi connectivity index (χ3v) is 3.13. The number of esters is 2. The van der Waals surface area contributed by atoms with Crippen molar-refractivity contribution in [2.45, 2.75) is 51.4 Å². The van der Waals surface area contributed by atoms with E-state index in [0.717, 1.165) is 45.9 Å². The van der Waals surface area contributed by atoms with Crippen LogP contribution in [0.15, 0.2) is 4.74 Å². The predicted octanol–water partition coefficient (Wildman–Crippen LogP) is -0.158. The van der Waals surface area contributed by atoms with Gasteiger partial charge in [0.1, 0.15) is 0 Å². The number of hydrogen-bond acceptors (Lipinski definition) is 5. The van der Waals surface area contributed by atoms with Crippen LogP contribution in [0.1, 0.15) is 51.4 Å². The summed E-state index contributed by atoms with van der Waals surface area (Å²) >= 11 is 0. The normalized spacial score (nSPS) is 14.7. The van der Waals surface area contributed by atoms with Gasteiger partial charge in [0.15, 0.2) is 11.9 Å². The Labute approximate surface area is 258 Å². The molecule has 7 nitrogen and oxygen atoms in total. The van der Waals surface area contributed by atoms with Gasteiger partial charge < -0.3 is 34.6 Å². The Bertz CT molecular complexity index is 340. The molecule has 4 aliphatic carbocycles. The van der Waals surface area contributed by atoms with E-state index in [0.29, 0.717) is 0 Å². The molecule has 10 heteroatoms. The second-order valence-electron chi connectivity index (χ2n) is 5.32. The quantitative estimate of drug-likeness (QED) is 0.243. The fourth-order valence-corrected chi connectivity index (χ4v) is 0.822. The Morgan fingerprint density at radius 1 is 0.821 bits per heavy atom. The molecule has 4 N–H and O–H groups in total. The van der Waals surface area contributed by atoms with Crippen molar-refractivity contribution in [1.29, 1.82) is 0 Å². The molecule has 0 saturated heterocycles. The zero-order chi connectivity index (χ0) is 18.2. The molecule has 0 heterocycles. The molecule has 4 aliphatic rings. The smallest absolute Gasteiger partial charge is 0.693 e. The summed E-state index contributed by atoms with van der Waals surface area (Å²) in [5.74, 6) is 1.62. The molecule has 0 spiro atoms. The molecule has 4 fully saturated rings. The van der Waals surface area contributed by atoms with Gasteiger partial charge in [-0.15, -0.1) is 0 Å². The summed E-state index contributed by atoms with van der Waals surface area (Å²) in [6.45, 7) is 1.99. The predicted molar refractivity (Wildman–Crippen MR) is 108 cm³/mol. The molecule has 4 saturated carbocycles. The van der Waals surface area contributed by atoms with Crippen molar-refractivity contribution in [3.63, 3.8) is 0 Å². The van der Waals surface area contributed by atoms with Crippen molar-refractivity contribution in [2.75, 3.05) is 27.9 Å². The molecule has 0 aromatic heterocycles. The molecule has 28 heavy (non-hydrogen) atoms. The zero-order valence-corrected chi connectivity index (χ0v) is 25.6. The molecule has 0 aromatic carbocycles. The maximum Gasteiger partial charge on any atom is 1.00 e. The number of rotatable bonds is 2. The summed E-state index contributed by atoms with van der Waals surface area (Å²) in [7, 11) is 5.74. The largest absolute Gasteiger partial charge is 1.00 e. The molecular formula is C18H34K2N3O4P-4. The van der Waals surface area contributed by atoms with Gasteiger partial charge in [0.25, 0.3) is 0 Å². The third kappa shape index (κ3) is 38.6. The standard InChI is InChI=1S/2C5H7O2.2C3H5.C2H6NP.2K.2H2N/c2*1-7-5(6)4-2-3-4;2*1-2-3-1;1-3-4-2;;;;/h2*2-3H2,1H3;2*1H,2-3H2;1-2H3;;;2*1H2/q4*-1;;2*+1;2*-1. The summed E-state index contributed by atoms with van der Waals surface area (Å²) in [5, 5.41) is 0. The van der Waals surface area contributed by atoms with Gasteiger partial charge in [-0.05, 0) is 15.0 Å². The summed E-state index contributed by atoms with van der Waals surface area (Å²) in [6, 6.07) is 0. The van der Waals surface area contributed by atoms with E-state index in [4.69, 9.17) is 0 Å². The van der Waals surface area contributed by atoms with E-state index in [1.54, 1.807) is 7.05 Å². The van der Waals surface area contributed by atoms with E-state index >= 15 is 0 Å². The van der Waals surface area contributed by atoms with Gasteiger partial charge in [0.05, 0.1) is 14.2 Å². The van der Waals surface area contributed by atoms with Crippen molar-refractivity contribution in [1.82, 2.24) is 0 Å². The van der Waals surface area contributed by atoms with Gasteiger partial charge in [-0.2, -0.15) is 25.7 Å². The molecular weight excluding hydrogens is 431 g/mol. The van der Waals surface area contributed by atoms with Gasteiger partial charge >= 0.3 is 103 Å². The minimum Gasteiger partial charge on any atom is -0.693 e. The first-order valence-electron chi connectivity index (χ1n) is 8.27. The van der Waals surface area contributed by atoms with Crippen LogP contribution in [0.2, 0.25) is 0 Å². The number of nitrogens with two attached hydrogens (primary N) is 2. The summed E-state index contributed by atoms with van der Waals surface area (Å²) in [6.07, 6.45) is 13.8. The Hall–Kier alpha value is 1.97. The number of carbonyl (C=O) groups is 2.